The molecule has 0 rings (SSSR count). The Morgan fingerprint density at radius 2 is 0.595 bits per heavy atom. The first-order chi connectivity index (χ1) is 20.6. The van der Waals surface area contributed by atoms with Crippen molar-refractivity contribution in [3.63, 3.8) is 0 Å². The van der Waals surface area contributed by atoms with Crippen LogP contribution in [0.3, 0.4) is 0 Å². The van der Waals surface area contributed by atoms with Gasteiger partial charge in [-0.25, -0.2) is 0 Å². The Kier molecular flexibility index (Phi) is 34.2. The first-order valence-electron chi connectivity index (χ1n) is 19.6. The van der Waals surface area contributed by atoms with Gasteiger partial charge in [-0.05, 0) is 12.8 Å². The molecule has 42 heavy (non-hydrogen) atoms. The number of hydrogen-bond acceptors (Lipinski definition) is 3. The summed E-state index contributed by atoms with van der Waals surface area (Å²) in [5.74, 6) is -0.787. The van der Waals surface area contributed by atoms with E-state index in [9.17, 15) is 9.67 Å². The lowest BCUT2D eigenvalue weighted by Gasteiger charge is -2.23. The summed E-state index contributed by atoms with van der Waals surface area (Å²) in [4.78, 5) is 0. The summed E-state index contributed by atoms with van der Waals surface area (Å²) in [5, 5.41) is 10.4. The van der Waals surface area contributed by atoms with Crippen LogP contribution in [0.2, 0.25) is 0 Å². The minimum Gasteiger partial charge on any atom is -0.384 e. The third-order valence-electron chi connectivity index (χ3n) is 9.53. The zero-order valence-electron chi connectivity index (χ0n) is 29.2. The largest absolute Gasteiger partial charge is 0.384 e. The highest BCUT2D eigenvalue weighted by atomic mass is 31.2. The van der Waals surface area contributed by atoms with E-state index in [1.807, 2.05) is 0 Å². The number of nitrogens with two attached hydrogens (primary N) is 1. The van der Waals surface area contributed by atoms with E-state index >= 15 is 0 Å². The second kappa shape index (κ2) is 34.0. The van der Waals surface area contributed by atoms with Crippen LogP contribution in [0.25, 0.3) is 0 Å². The molecule has 0 bridgehead atoms. The molecule has 0 heterocycles. The van der Waals surface area contributed by atoms with E-state index in [-0.39, 0.29) is 6.54 Å². The fourth-order valence-corrected chi connectivity index (χ4v) is 9.18. The predicted molar refractivity (Wildman–Crippen MR) is 191 cm³/mol. The van der Waals surface area contributed by atoms with Gasteiger partial charge in [0.05, 0.1) is 0 Å². The molecule has 3 nitrogen and oxygen atoms in total. The monoisotopic (exact) mass is 614 g/mol. The molecular weight excluding hydrogens is 533 g/mol. The van der Waals surface area contributed by atoms with Crippen molar-refractivity contribution >= 4 is 7.14 Å². The Morgan fingerprint density at radius 3 is 0.786 bits per heavy atom. The summed E-state index contributed by atoms with van der Waals surface area (Å²) in [5.41, 5.74) is 5.76. The van der Waals surface area contributed by atoms with Crippen molar-refractivity contribution in [1.29, 1.82) is 0 Å². The van der Waals surface area contributed by atoms with Gasteiger partial charge in [-0.15, -0.1) is 0 Å². The van der Waals surface area contributed by atoms with E-state index < -0.39 is 13.0 Å². The fraction of sp³-hybridized carbons (Fsp3) is 1.00. The van der Waals surface area contributed by atoms with E-state index in [1.54, 1.807) is 0 Å². The Labute approximate surface area is 266 Å². The first-order valence-corrected chi connectivity index (χ1v) is 21.7. The van der Waals surface area contributed by atoms with Gasteiger partial charge >= 0.3 is 0 Å². The molecule has 0 aliphatic heterocycles. The van der Waals surface area contributed by atoms with Gasteiger partial charge in [0.1, 0.15) is 13.0 Å². The molecule has 0 aromatic carbocycles. The van der Waals surface area contributed by atoms with Crippen LogP contribution in [-0.4, -0.2) is 29.8 Å². The molecule has 0 saturated carbocycles. The maximum atomic E-state index is 13.5. The average Bonchev–Trinajstić information content (AvgIpc) is 3.00. The van der Waals surface area contributed by atoms with E-state index in [0.717, 1.165) is 25.7 Å². The molecule has 1 atom stereocenters. The van der Waals surface area contributed by atoms with Crippen LogP contribution in [0.5, 0.6) is 0 Å². The highest BCUT2D eigenvalue weighted by molar-refractivity contribution is 7.64. The molecule has 0 amide bonds. The minimum atomic E-state index is -2.56. The van der Waals surface area contributed by atoms with Gasteiger partial charge in [0.15, 0.2) is 0 Å². The van der Waals surface area contributed by atoms with Gasteiger partial charge in [-0.3, -0.25) is 0 Å². The Balaban J connectivity index is 3.62. The second-order valence-corrected chi connectivity index (χ2v) is 17.1. The van der Waals surface area contributed by atoms with Crippen LogP contribution >= 0.6 is 7.14 Å². The standard InChI is InChI=1S/C38H80NO2P/c1-3-5-7-9-11-13-15-17-19-21-23-25-27-29-31-33-35-42(41,38(40)37-39)36-34-32-30-28-26-24-22-20-18-16-14-12-10-8-6-4-2/h38,40H,3-37,39H2,1-2H3. The summed E-state index contributed by atoms with van der Waals surface area (Å²) in [6, 6.07) is 0. The third-order valence-corrected chi connectivity index (χ3v) is 13.0. The molecule has 0 fully saturated rings. The fourth-order valence-electron chi connectivity index (χ4n) is 6.46. The Morgan fingerprint density at radius 1 is 0.405 bits per heavy atom. The highest BCUT2D eigenvalue weighted by Gasteiger charge is 2.29. The third kappa shape index (κ3) is 28.9. The molecule has 0 radical (unpaired) electrons. The van der Waals surface area contributed by atoms with Gasteiger partial charge in [0.2, 0.25) is 0 Å². The summed E-state index contributed by atoms with van der Waals surface area (Å²) in [6.07, 6.45) is 44.6. The summed E-state index contributed by atoms with van der Waals surface area (Å²) in [6.45, 7) is 4.72. The zero-order valence-corrected chi connectivity index (χ0v) is 30.1. The molecule has 254 valence electrons. The van der Waals surface area contributed by atoms with Crippen LogP contribution in [-0.2, 0) is 4.57 Å². The van der Waals surface area contributed by atoms with Crippen molar-refractivity contribution in [1.82, 2.24) is 0 Å². The molecule has 0 spiro atoms. The van der Waals surface area contributed by atoms with Crippen molar-refractivity contribution in [2.24, 2.45) is 5.73 Å². The molecule has 0 aliphatic carbocycles. The molecule has 0 saturated heterocycles. The minimum absolute atomic E-state index is 0.148. The van der Waals surface area contributed by atoms with Crippen molar-refractivity contribution in [3.8, 4) is 0 Å². The van der Waals surface area contributed by atoms with E-state index in [2.05, 4.69) is 13.8 Å². The highest BCUT2D eigenvalue weighted by Crippen LogP contribution is 2.51. The number of hydrogen-bond donors (Lipinski definition) is 2. The Bertz CT molecular complexity index is 515. The molecule has 0 aromatic rings. The van der Waals surface area contributed by atoms with Gasteiger partial charge < -0.3 is 15.4 Å². The number of aliphatic hydroxyl groups excluding tert-OH is 1. The van der Waals surface area contributed by atoms with E-state index in [0.29, 0.717) is 12.3 Å². The lowest BCUT2D eigenvalue weighted by atomic mass is 10.0. The maximum Gasteiger partial charge on any atom is 0.119 e. The summed E-state index contributed by atoms with van der Waals surface area (Å²) in [7, 11) is -2.56. The maximum absolute atomic E-state index is 13.5. The topological polar surface area (TPSA) is 63.3 Å². The van der Waals surface area contributed by atoms with Crippen molar-refractivity contribution in [2.45, 2.75) is 225 Å². The molecule has 4 heteroatoms. The number of unbranched alkanes of at least 4 members (excludes halogenated alkanes) is 30. The zero-order chi connectivity index (χ0) is 30.8. The summed E-state index contributed by atoms with van der Waals surface area (Å²) >= 11 is 0. The average molecular weight is 614 g/mol. The van der Waals surface area contributed by atoms with Crippen molar-refractivity contribution < 1.29 is 9.67 Å². The van der Waals surface area contributed by atoms with Gasteiger partial charge in [0, 0.05) is 18.9 Å². The van der Waals surface area contributed by atoms with Crippen LogP contribution in [0.15, 0.2) is 0 Å². The van der Waals surface area contributed by atoms with E-state index in [4.69, 9.17) is 5.73 Å². The molecule has 1 unspecified atom stereocenters. The lowest BCUT2D eigenvalue weighted by Crippen LogP contribution is -2.23. The molecule has 0 aromatic heterocycles. The number of rotatable bonds is 36. The van der Waals surface area contributed by atoms with Crippen LogP contribution < -0.4 is 5.73 Å². The molecule has 0 aliphatic rings. The van der Waals surface area contributed by atoms with Crippen molar-refractivity contribution in [2.75, 3.05) is 18.9 Å². The lowest BCUT2D eigenvalue weighted by molar-refractivity contribution is 0.254. The van der Waals surface area contributed by atoms with E-state index in [1.165, 1.54) is 180 Å². The summed E-state index contributed by atoms with van der Waals surface area (Å²) < 4.78 is 13.5. The van der Waals surface area contributed by atoms with Gasteiger partial charge in [-0.1, -0.05) is 206 Å². The second-order valence-electron chi connectivity index (χ2n) is 13.7. The number of aliphatic hydroxyl groups is 1. The molecule has 3 N–H and O–H groups in total. The SMILES string of the molecule is CCCCCCCCCCCCCCCCCCP(=O)(CCCCCCCCCCCCCCCCCC)C(O)CN. The van der Waals surface area contributed by atoms with Crippen LogP contribution in [0.1, 0.15) is 219 Å². The van der Waals surface area contributed by atoms with Gasteiger partial charge in [0.25, 0.3) is 0 Å². The predicted octanol–water partition coefficient (Wildman–Crippen LogP) is 13.1. The smallest absolute Gasteiger partial charge is 0.119 e. The Hall–Kier alpha value is 0.150. The van der Waals surface area contributed by atoms with Gasteiger partial charge in [-0.2, -0.15) is 0 Å². The van der Waals surface area contributed by atoms with Crippen LogP contribution in [0, 0.1) is 0 Å². The molecular formula is C38H80NO2P. The normalized spacial score (nSPS) is 12.8. The quantitative estimate of drug-likeness (QED) is 0.0546. The van der Waals surface area contributed by atoms with Crippen molar-refractivity contribution in [3.05, 3.63) is 0 Å². The first kappa shape index (κ1) is 42.1. The van der Waals surface area contributed by atoms with Crippen LogP contribution in [0.4, 0.5) is 0 Å².